The van der Waals surface area contributed by atoms with Crippen LogP contribution in [0, 0.1) is 11.6 Å². The second kappa shape index (κ2) is 5.87. The highest BCUT2D eigenvalue weighted by Gasteiger charge is 2.20. The largest absolute Gasteiger partial charge is 0.292 e. The molecule has 0 spiro atoms. The van der Waals surface area contributed by atoms with Crippen molar-refractivity contribution in [2.24, 2.45) is 5.84 Å². The molecule has 1 aromatic carbocycles. The number of hydrazine groups is 1. The summed E-state index contributed by atoms with van der Waals surface area (Å²) < 4.78 is 53.2. The van der Waals surface area contributed by atoms with Crippen molar-refractivity contribution in [2.45, 2.75) is 4.90 Å². The molecule has 0 amide bonds. The number of rotatable bonds is 4. The Kier molecular flexibility index (Phi) is 4.34. The highest BCUT2D eigenvalue weighted by atomic mass is 79.9. The maximum atomic E-state index is 13.6. The number of benzene rings is 1. The summed E-state index contributed by atoms with van der Waals surface area (Å²) in [4.78, 5) is 6.83. The van der Waals surface area contributed by atoms with Crippen molar-refractivity contribution in [1.82, 2.24) is 9.97 Å². The Labute approximate surface area is 126 Å². The molecule has 11 heteroatoms. The molecule has 0 bridgehead atoms. The Morgan fingerprint density at radius 3 is 2.14 bits per heavy atom. The molecule has 0 unspecified atom stereocenters. The lowest BCUT2D eigenvalue weighted by Crippen LogP contribution is -2.17. The molecule has 0 aliphatic carbocycles. The van der Waals surface area contributed by atoms with Gasteiger partial charge < -0.3 is 0 Å². The van der Waals surface area contributed by atoms with Crippen LogP contribution in [0.2, 0.25) is 0 Å². The zero-order valence-electron chi connectivity index (χ0n) is 10.1. The van der Waals surface area contributed by atoms with E-state index < -0.39 is 27.3 Å². The lowest BCUT2D eigenvalue weighted by Gasteiger charge is -2.10. The fraction of sp³-hybridized carbons (Fsp3) is 0. The molecule has 0 radical (unpaired) electrons. The highest BCUT2D eigenvalue weighted by molar-refractivity contribution is 9.10. The van der Waals surface area contributed by atoms with Crippen LogP contribution in [0.25, 0.3) is 0 Å². The predicted octanol–water partition coefficient (Wildman–Crippen LogP) is 1.60. The average Bonchev–Trinajstić information content (AvgIpc) is 2.43. The minimum atomic E-state index is -4.24. The van der Waals surface area contributed by atoms with E-state index in [1.807, 2.05) is 0 Å². The first-order valence-electron chi connectivity index (χ1n) is 5.29. The number of sulfonamides is 1. The van der Waals surface area contributed by atoms with Crippen LogP contribution >= 0.6 is 15.9 Å². The summed E-state index contributed by atoms with van der Waals surface area (Å²) >= 11 is 2.89. The van der Waals surface area contributed by atoms with Crippen molar-refractivity contribution in [3.8, 4) is 0 Å². The van der Waals surface area contributed by atoms with E-state index in [-0.39, 0.29) is 15.3 Å². The number of halogens is 3. The molecule has 7 nitrogen and oxygen atoms in total. The fourth-order valence-electron chi connectivity index (χ4n) is 1.36. The van der Waals surface area contributed by atoms with Gasteiger partial charge >= 0.3 is 0 Å². The Morgan fingerprint density at radius 2 is 1.67 bits per heavy atom. The smallest absolute Gasteiger partial charge is 0.265 e. The summed E-state index contributed by atoms with van der Waals surface area (Å²) in [6.45, 7) is 0. The van der Waals surface area contributed by atoms with Crippen molar-refractivity contribution >= 4 is 37.6 Å². The van der Waals surface area contributed by atoms with Gasteiger partial charge in [0, 0.05) is 4.47 Å². The van der Waals surface area contributed by atoms with Crippen molar-refractivity contribution < 1.29 is 17.2 Å². The summed E-state index contributed by atoms with van der Waals surface area (Å²) in [6.07, 6.45) is 1.89. The third-order valence-corrected chi connectivity index (χ3v) is 4.07. The molecular weight excluding hydrogens is 372 g/mol. The normalized spacial score (nSPS) is 11.2. The van der Waals surface area contributed by atoms with Crippen LogP contribution in [-0.4, -0.2) is 18.4 Å². The Bertz CT molecular complexity index is 747. The molecular formula is C10H8BrF2N5O2S. The first kappa shape index (κ1) is 15.5. The lowest BCUT2D eigenvalue weighted by molar-refractivity contribution is 0.581. The molecule has 0 aliphatic heterocycles. The second-order valence-electron chi connectivity index (χ2n) is 3.74. The van der Waals surface area contributed by atoms with Crippen LogP contribution in [0.15, 0.2) is 33.9 Å². The van der Waals surface area contributed by atoms with Gasteiger partial charge in [-0.05, 0) is 12.1 Å². The monoisotopic (exact) mass is 379 g/mol. The van der Waals surface area contributed by atoms with Gasteiger partial charge in [0.15, 0.2) is 11.6 Å². The SMILES string of the molecule is NNc1ncc(S(=O)(=O)Nc2c(F)cc(Br)cc2F)cn1. The molecule has 0 aliphatic rings. The minimum absolute atomic E-state index is 0.00467. The van der Waals surface area contributed by atoms with Crippen LogP contribution in [0.5, 0.6) is 0 Å². The lowest BCUT2D eigenvalue weighted by atomic mass is 10.3. The number of hydrogen-bond acceptors (Lipinski definition) is 6. The molecule has 4 N–H and O–H groups in total. The maximum absolute atomic E-state index is 13.6. The molecule has 112 valence electrons. The number of nitrogens with two attached hydrogens (primary N) is 1. The maximum Gasteiger partial charge on any atom is 0.265 e. The summed E-state index contributed by atoms with van der Waals surface area (Å²) in [5.41, 5.74) is 1.32. The van der Waals surface area contributed by atoms with Crippen LogP contribution < -0.4 is 16.0 Å². The van der Waals surface area contributed by atoms with E-state index in [2.05, 4.69) is 31.3 Å². The Balaban J connectivity index is 2.37. The third kappa shape index (κ3) is 3.43. The van der Waals surface area contributed by atoms with Crippen LogP contribution in [0.3, 0.4) is 0 Å². The fourth-order valence-corrected chi connectivity index (χ4v) is 2.73. The molecule has 0 saturated carbocycles. The van der Waals surface area contributed by atoms with E-state index in [1.54, 1.807) is 4.72 Å². The molecule has 21 heavy (non-hydrogen) atoms. The van der Waals surface area contributed by atoms with Gasteiger partial charge in [0.05, 0.1) is 12.4 Å². The first-order chi connectivity index (χ1) is 9.83. The van der Waals surface area contributed by atoms with Crippen molar-refractivity contribution in [1.29, 1.82) is 0 Å². The number of nitrogen functional groups attached to an aromatic ring is 1. The summed E-state index contributed by atoms with van der Waals surface area (Å²) in [5, 5.41) is 0. The van der Waals surface area contributed by atoms with Gasteiger partial charge in [-0.15, -0.1) is 0 Å². The van der Waals surface area contributed by atoms with E-state index in [0.717, 1.165) is 24.5 Å². The van der Waals surface area contributed by atoms with Gasteiger partial charge in [0.1, 0.15) is 10.6 Å². The standard InChI is InChI=1S/C10H8BrF2N5O2S/c11-5-1-7(12)9(8(13)2-5)18-21(19,20)6-3-15-10(17-14)16-4-6/h1-4,18H,14H2,(H,15,16,17). The Hall–Kier alpha value is -1.85. The number of anilines is 2. The predicted molar refractivity (Wildman–Crippen MR) is 74.7 cm³/mol. The van der Waals surface area contributed by atoms with Crippen molar-refractivity contribution in [3.05, 3.63) is 40.6 Å². The average molecular weight is 380 g/mol. The first-order valence-corrected chi connectivity index (χ1v) is 7.57. The van der Waals surface area contributed by atoms with E-state index in [0.29, 0.717) is 0 Å². The minimum Gasteiger partial charge on any atom is -0.292 e. The van der Waals surface area contributed by atoms with Crippen LogP contribution in [-0.2, 0) is 10.0 Å². The van der Waals surface area contributed by atoms with Gasteiger partial charge in [0.2, 0.25) is 5.95 Å². The zero-order valence-corrected chi connectivity index (χ0v) is 12.5. The molecule has 0 fully saturated rings. The summed E-state index contributed by atoms with van der Waals surface area (Å²) in [6, 6.07) is 1.86. The summed E-state index contributed by atoms with van der Waals surface area (Å²) in [5.74, 6) is 2.91. The van der Waals surface area contributed by atoms with E-state index in [9.17, 15) is 17.2 Å². The molecule has 1 heterocycles. The van der Waals surface area contributed by atoms with Gasteiger partial charge in [0.25, 0.3) is 10.0 Å². The summed E-state index contributed by atoms with van der Waals surface area (Å²) in [7, 11) is -4.24. The van der Waals surface area contributed by atoms with Gasteiger partial charge in [-0.3, -0.25) is 10.1 Å². The number of aromatic nitrogens is 2. The van der Waals surface area contributed by atoms with Crippen LogP contribution in [0.1, 0.15) is 0 Å². The van der Waals surface area contributed by atoms with Crippen LogP contribution in [0.4, 0.5) is 20.4 Å². The molecule has 2 rings (SSSR count). The highest BCUT2D eigenvalue weighted by Crippen LogP contribution is 2.26. The van der Waals surface area contributed by atoms with E-state index in [1.165, 1.54) is 0 Å². The number of nitrogens with zero attached hydrogens (tertiary/aromatic N) is 2. The molecule has 2 aromatic rings. The topological polar surface area (TPSA) is 110 Å². The van der Waals surface area contributed by atoms with E-state index >= 15 is 0 Å². The molecule has 0 saturated heterocycles. The number of hydrogen-bond donors (Lipinski definition) is 3. The van der Waals surface area contributed by atoms with Gasteiger partial charge in [-0.2, -0.15) is 0 Å². The van der Waals surface area contributed by atoms with E-state index in [4.69, 9.17) is 5.84 Å². The third-order valence-electron chi connectivity index (χ3n) is 2.31. The second-order valence-corrected chi connectivity index (χ2v) is 6.33. The number of nitrogens with one attached hydrogen (secondary N) is 2. The van der Waals surface area contributed by atoms with Crippen molar-refractivity contribution in [3.63, 3.8) is 0 Å². The molecule has 1 aromatic heterocycles. The van der Waals surface area contributed by atoms with Crippen molar-refractivity contribution in [2.75, 3.05) is 10.1 Å². The zero-order chi connectivity index (χ0) is 15.6. The molecule has 0 atom stereocenters. The Morgan fingerprint density at radius 1 is 1.14 bits per heavy atom. The van der Waals surface area contributed by atoms with Gasteiger partial charge in [-0.1, -0.05) is 15.9 Å². The van der Waals surface area contributed by atoms with Gasteiger partial charge in [-0.25, -0.2) is 33.0 Å². The quantitative estimate of drug-likeness (QED) is 0.549.